The molecule has 2 heteroatoms. The van der Waals surface area contributed by atoms with Crippen LogP contribution in [-0.4, -0.2) is 0 Å². The minimum absolute atomic E-state index is 0.239. The van der Waals surface area contributed by atoms with E-state index >= 15 is 0 Å². The Balaban J connectivity index is 1.60. The molecule has 2 aliphatic rings. The molecule has 2 aliphatic carbocycles. The second kappa shape index (κ2) is 7.37. The van der Waals surface area contributed by atoms with Crippen molar-refractivity contribution >= 4 is 26.0 Å². The van der Waals surface area contributed by atoms with Crippen molar-refractivity contribution in [1.29, 1.82) is 0 Å². The molecular weight excluding hydrogens is 434 g/mol. The summed E-state index contributed by atoms with van der Waals surface area (Å²) in [5.41, 5.74) is 9.00. The van der Waals surface area contributed by atoms with Crippen molar-refractivity contribution in [1.82, 2.24) is 0 Å². The predicted octanol–water partition coefficient (Wildman–Crippen LogP) is 6.42. The molecule has 0 amide bonds. The van der Waals surface area contributed by atoms with Gasteiger partial charge in [0.2, 0.25) is 0 Å². The summed E-state index contributed by atoms with van der Waals surface area (Å²) < 4.78 is 0.899. The molecule has 0 fully saturated rings. The average Bonchev–Trinajstić information content (AvgIpc) is 3.23. The van der Waals surface area contributed by atoms with Crippen LogP contribution in [0.2, 0.25) is 0 Å². The van der Waals surface area contributed by atoms with Gasteiger partial charge in [0.15, 0.2) is 0 Å². The molecule has 0 radical (unpaired) electrons. The summed E-state index contributed by atoms with van der Waals surface area (Å²) in [6.07, 6.45) is 7.39. The van der Waals surface area contributed by atoms with Crippen LogP contribution in [0, 0.1) is 6.92 Å². The quantitative estimate of drug-likeness (QED) is 0.397. The molecule has 0 N–H and O–H groups in total. The Labute approximate surface area is 181 Å². The van der Waals surface area contributed by atoms with Gasteiger partial charge in [0.1, 0.15) is 0 Å². The number of fused-ring (bicyclic) bond motifs is 2. The third kappa shape index (κ3) is 3.14. The van der Waals surface area contributed by atoms with Gasteiger partial charge in [-0.2, -0.15) is 0 Å². The summed E-state index contributed by atoms with van der Waals surface area (Å²) in [7, 11) is 0.809. The summed E-state index contributed by atoms with van der Waals surface area (Å²) in [4.78, 5) is 0. The first-order valence-electron chi connectivity index (χ1n) is 9.84. The molecule has 0 saturated carbocycles. The van der Waals surface area contributed by atoms with Crippen LogP contribution in [0.15, 0.2) is 84.4 Å². The SMILES string of the molecule is CC1=Cc2ccccc2[CH]1[Zr][C]1(Pc2ccccc2C)C=Cc2ccccc21. The van der Waals surface area contributed by atoms with Gasteiger partial charge in [0.05, 0.1) is 0 Å². The fourth-order valence-electron chi connectivity index (χ4n) is 4.40. The molecule has 28 heavy (non-hydrogen) atoms. The van der Waals surface area contributed by atoms with E-state index < -0.39 is 23.2 Å². The first-order chi connectivity index (χ1) is 13.7. The Morgan fingerprint density at radius 1 is 0.821 bits per heavy atom. The number of hydrogen-bond donors (Lipinski definition) is 0. The van der Waals surface area contributed by atoms with E-state index in [-0.39, 0.29) is 2.86 Å². The molecule has 0 saturated heterocycles. The zero-order valence-electron chi connectivity index (χ0n) is 16.2. The Morgan fingerprint density at radius 2 is 1.54 bits per heavy atom. The Kier molecular flexibility index (Phi) is 4.86. The third-order valence-corrected chi connectivity index (χ3v) is 14.1. The fraction of sp³-hybridized carbons (Fsp3) is 0.154. The minimum atomic E-state index is -0.878. The van der Waals surface area contributed by atoms with E-state index in [1.807, 2.05) is 0 Å². The zero-order valence-corrected chi connectivity index (χ0v) is 19.7. The van der Waals surface area contributed by atoms with Crippen LogP contribution in [0.5, 0.6) is 0 Å². The molecule has 3 atom stereocenters. The summed E-state index contributed by atoms with van der Waals surface area (Å²) in [5.74, 6) is 0. The van der Waals surface area contributed by atoms with E-state index in [0.717, 1.165) is 8.58 Å². The summed E-state index contributed by atoms with van der Waals surface area (Å²) in [5, 5.41) is 1.53. The van der Waals surface area contributed by atoms with E-state index in [0.29, 0.717) is 3.63 Å². The second-order valence-corrected chi connectivity index (χ2v) is 14.6. The van der Waals surface area contributed by atoms with Gasteiger partial charge >= 0.3 is 182 Å². The van der Waals surface area contributed by atoms with Gasteiger partial charge in [-0.15, -0.1) is 0 Å². The number of aryl methyl sites for hydroxylation is 1. The normalized spacial score (nSPS) is 22.4. The molecular formula is C26H23PZr. The van der Waals surface area contributed by atoms with Crippen LogP contribution in [0.1, 0.15) is 38.4 Å². The van der Waals surface area contributed by atoms with E-state index in [1.54, 1.807) is 16.7 Å². The molecule has 0 nitrogen and oxygen atoms in total. The number of hydrogen-bond acceptors (Lipinski definition) is 0. The first-order valence-corrected chi connectivity index (χ1v) is 13.5. The van der Waals surface area contributed by atoms with Gasteiger partial charge in [-0.05, 0) is 0 Å². The maximum atomic E-state index is 2.57. The van der Waals surface area contributed by atoms with Crippen LogP contribution in [0.4, 0.5) is 0 Å². The molecule has 0 bridgehead atoms. The molecule has 136 valence electrons. The van der Waals surface area contributed by atoms with Gasteiger partial charge in [-0.3, -0.25) is 0 Å². The molecule has 3 aromatic rings. The zero-order chi connectivity index (χ0) is 19.1. The maximum absolute atomic E-state index is 2.57. The van der Waals surface area contributed by atoms with E-state index in [9.17, 15) is 0 Å². The molecule has 0 aromatic heterocycles. The van der Waals surface area contributed by atoms with Crippen molar-refractivity contribution in [3.63, 3.8) is 0 Å². The van der Waals surface area contributed by atoms with Gasteiger partial charge in [0, 0.05) is 0 Å². The summed E-state index contributed by atoms with van der Waals surface area (Å²) in [6.45, 7) is 4.61. The third-order valence-electron chi connectivity index (χ3n) is 5.89. The molecule has 3 unspecified atom stereocenters. The second-order valence-electron chi connectivity index (χ2n) is 7.76. The van der Waals surface area contributed by atoms with Crippen molar-refractivity contribution < 1.29 is 23.2 Å². The predicted molar refractivity (Wildman–Crippen MR) is 119 cm³/mol. The number of allylic oxidation sites excluding steroid dienone is 2. The van der Waals surface area contributed by atoms with Crippen molar-refractivity contribution in [2.75, 3.05) is 0 Å². The first kappa shape index (κ1) is 18.5. The van der Waals surface area contributed by atoms with Crippen molar-refractivity contribution in [2.24, 2.45) is 0 Å². The van der Waals surface area contributed by atoms with Crippen LogP contribution in [0.25, 0.3) is 12.2 Å². The molecule has 5 rings (SSSR count). The van der Waals surface area contributed by atoms with Crippen molar-refractivity contribution in [3.05, 3.63) is 112 Å². The van der Waals surface area contributed by atoms with E-state index in [1.165, 1.54) is 22.0 Å². The number of rotatable bonds is 4. The standard InChI is InChI=1S/C16H14P.C10H9.Zr/c1-12-6-2-5-9-15(12)17-16-11-10-13-7-3-4-8-14(13)16;1-8-6-9-4-2-3-5-10(9)7-8;/h2-11,17H,1H3;2-7H,1H3;. The molecule has 0 heterocycles. The molecule has 0 aliphatic heterocycles. The Morgan fingerprint density at radius 3 is 2.39 bits per heavy atom. The van der Waals surface area contributed by atoms with Crippen LogP contribution < -0.4 is 5.30 Å². The Bertz CT molecular complexity index is 1110. The van der Waals surface area contributed by atoms with Crippen LogP contribution in [-0.2, 0) is 26.1 Å². The average molecular weight is 458 g/mol. The monoisotopic (exact) mass is 456 g/mol. The topological polar surface area (TPSA) is 0 Å². The Hall–Kier alpha value is -1.55. The van der Waals surface area contributed by atoms with Crippen LogP contribution >= 0.6 is 8.58 Å². The van der Waals surface area contributed by atoms with Gasteiger partial charge < -0.3 is 0 Å². The van der Waals surface area contributed by atoms with Gasteiger partial charge in [0.25, 0.3) is 0 Å². The van der Waals surface area contributed by atoms with Crippen molar-refractivity contribution in [2.45, 2.75) is 20.3 Å². The van der Waals surface area contributed by atoms with E-state index in [2.05, 4.69) is 105 Å². The summed E-state index contributed by atoms with van der Waals surface area (Å²) in [6, 6.07) is 27.1. The fourth-order valence-corrected chi connectivity index (χ4v) is 12.6. The number of benzene rings is 3. The van der Waals surface area contributed by atoms with Gasteiger partial charge in [-0.25, -0.2) is 0 Å². The molecule has 0 spiro atoms. The van der Waals surface area contributed by atoms with Crippen molar-refractivity contribution in [3.8, 4) is 0 Å². The van der Waals surface area contributed by atoms with Gasteiger partial charge in [-0.1, -0.05) is 0 Å². The van der Waals surface area contributed by atoms with E-state index in [4.69, 9.17) is 0 Å². The van der Waals surface area contributed by atoms with Crippen LogP contribution in [0.3, 0.4) is 0 Å². The molecule has 3 aromatic carbocycles. The summed E-state index contributed by atoms with van der Waals surface area (Å²) >= 11 is -0.878.